The molecule has 0 spiro atoms. The van der Waals surface area contributed by atoms with Crippen molar-refractivity contribution >= 4 is 11.8 Å². The molecule has 1 aliphatic rings. The summed E-state index contributed by atoms with van der Waals surface area (Å²) < 4.78 is 0. The van der Waals surface area contributed by atoms with Gasteiger partial charge in [0, 0.05) is 0 Å². The Morgan fingerprint density at radius 2 is 1.41 bits per heavy atom. The lowest BCUT2D eigenvalue weighted by Gasteiger charge is -2.12. The smallest absolute Gasteiger partial charge is 0.0558 e. The van der Waals surface area contributed by atoms with Gasteiger partial charge in [-0.05, 0) is 34.4 Å². The van der Waals surface area contributed by atoms with Crippen LogP contribution in [0, 0.1) is 0 Å². The number of fused-ring (bicyclic) bond motifs is 3. The average Bonchev–Trinajstić information content (AvgIpc) is 2.71. The summed E-state index contributed by atoms with van der Waals surface area (Å²) in [6, 6.07) is 17.7. The van der Waals surface area contributed by atoms with Crippen molar-refractivity contribution in [3.8, 4) is 11.1 Å². The fourth-order valence-electron chi connectivity index (χ4n) is 2.52. The molecule has 0 aromatic heterocycles. The van der Waals surface area contributed by atoms with Crippen molar-refractivity contribution in [2.45, 2.75) is 18.6 Å². The summed E-state index contributed by atoms with van der Waals surface area (Å²) in [6.07, 6.45) is 1.24. The minimum Gasteiger partial charge on any atom is -0.149 e. The van der Waals surface area contributed by atoms with Gasteiger partial charge < -0.3 is 0 Å². The van der Waals surface area contributed by atoms with Crippen molar-refractivity contribution < 1.29 is 0 Å². The molecular weight excluding hydrogens is 224 g/mol. The SMILES string of the molecule is CCCSC1c2ccccc2-c2ccccc21. The van der Waals surface area contributed by atoms with Crippen LogP contribution >= 0.6 is 11.8 Å². The van der Waals surface area contributed by atoms with Gasteiger partial charge in [0.15, 0.2) is 0 Å². The summed E-state index contributed by atoms with van der Waals surface area (Å²) in [4.78, 5) is 0. The quantitative estimate of drug-likeness (QED) is 0.735. The molecule has 0 fully saturated rings. The molecule has 3 rings (SSSR count). The molecule has 17 heavy (non-hydrogen) atoms. The predicted molar refractivity (Wildman–Crippen MR) is 76.5 cm³/mol. The molecule has 0 unspecified atom stereocenters. The first kappa shape index (κ1) is 10.9. The highest BCUT2D eigenvalue weighted by Gasteiger charge is 2.27. The molecular formula is C16H16S. The lowest BCUT2D eigenvalue weighted by molar-refractivity contribution is 1.09. The van der Waals surface area contributed by atoms with Gasteiger partial charge in [-0.2, -0.15) is 0 Å². The zero-order chi connectivity index (χ0) is 11.7. The van der Waals surface area contributed by atoms with E-state index in [4.69, 9.17) is 0 Å². The third-order valence-corrected chi connectivity index (χ3v) is 4.75. The van der Waals surface area contributed by atoms with Crippen molar-refractivity contribution in [3.05, 3.63) is 59.7 Å². The zero-order valence-corrected chi connectivity index (χ0v) is 10.8. The maximum atomic E-state index is 2.28. The molecule has 0 bridgehead atoms. The van der Waals surface area contributed by atoms with Gasteiger partial charge in [0.25, 0.3) is 0 Å². The topological polar surface area (TPSA) is 0 Å². The standard InChI is InChI=1S/C16H16S/c1-2-11-17-16-14-9-5-3-7-12(14)13-8-4-6-10-15(13)16/h3-10,16H,2,11H2,1H3. The van der Waals surface area contributed by atoms with Crippen LogP contribution in [-0.4, -0.2) is 5.75 Å². The summed E-state index contributed by atoms with van der Waals surface area (Å²) in [5, 5.41) is 0.544. The first-order valence-corrected chi connectivity index (χ1v) is 7.26. The first-order chi connectivity index (χ1) is 8.42. The van der Waals surface area contributed by atoms with E-state index in [9.17, 15) is 0 Å². The molecule has 2 aromatic carbocycles. The normalized spacial score (nSPS) is 13.5. The molecule has 0 saturated heterocycles. The predicted octanol–water partition coefficient (Wildman–Crippen LogP) is 4.90. The van der Waals surface area contributed by atoms with Crippen LogP contribution < -0.4 is 0 Å². The van der Waals surface area contributed by atoms with Crippen LogP contribution in [0.25, 0.3) is 11.1 Å². The Morgan fingerprint density at radius 3 is 1.94 bits per heavy atom. The van der Waals surface area contributed by atoms with Crippen LogP contribution in [0.5, 0.6) is 0 Å². The van der Waals surface area contributed by atoms with Gasteiger partial charge in [0.2, 0.25) is 0 Å². The second-order valence-electron chi connectivity index (χ2n) is 4.43. The third kappa shape index (κ3) is 1.79. The maximum absolute atomic E-state index is 2.28. The van der Waals surface area contributed by atoms with E-state index < -0.39 is 0 Å². The Labute approximate surface area is 107 Å². The number of thioether (sulfide) groups is 1. The van der Waals surface area contributed by atoms with Gasteiger partial charge >= 0.3 is 0 Å². The molecule has 0 nitrogen and oxygen atoms in total. The molecule has 0 aliphatic heterocycles. The molecule has 1 aliphatic carbocycles. The van der Waals surface area contributed by atoms with Crippen molar-refractivity contribution in [1.82, 2.24) is 0 Å². The molecule has 2 aromatic rings. The average molecular weight is 240 g/mol. The van der Waals surface area contributed by atoms with Gasteiger partial charge in [-0.3, -0.25) is 0 Å². The van der Waals surface area contributed by atoms with Crippen LogP contribution in [0.1, 0.15) is 29.7 Å². The Hall–Kier alpha value is -1.21. The van der Waals surface area contributed by atoms with Crippen LogP contribution in [-0.2, 0) is 0 Å². The summed E-state index contributed by atoms with van der Waals surface area (Å²) in [7, 11) is 0. The van der Waals surface area contributed by atoms with Crippen molar-refractivity contribution in [1.29, 1.82) is 0 Å². The monoisotopic (exact) mass is 240 g/mol. The molecule has 1 heteroatoms. The number of benzene rings is 2. The van der Waals surface area contributed by atoms with E-state index in [2.05, 4.69) is 67.2 Å². The second-order valence-corrected chi connectivity index (χ2v) is 5.64. The molecule has 0 amide bonds. The van der Waals surface area contributed by atoms with Gasteiger partial charge in [0.1, 0.15) is 0 Å². The van der Waals surface area contributed by atoms with Crippen LogP contribution in [0.15, 0.2) is 48.5 Å². The maximum Gasteiger partial charge on any atom is 0.0558 e. The van der Waals surface area contributed by atoms with Crippen molar-refractivity contribution in [2.75, 3.05) is 5.75 Å². The van der Waals surface area contributed by atoms with Gasteiger partial charge in [-0.1, -0.05) is 55.5 Å². The molecule has 0 N–H and O–H groups in total. The van der Waals surface area contributed by atoms with Crippen molar-refractivity contribution in [3.63, 3.8) is 0 Å². The van der Waals surface area contributed by atoms with E-state index in [-0.39, 0.29) is 0 Å². The molecule has 0 saturated carbocycles. The number of hydrogen-bond donors (Lipinski definition) is 0. The highest BCUT2D eigenvalue weighted by atomic mass is 32.2. The fourth-order valence-corrected chi connectivity index (χ4v) is 3.77. The van der Waals surface area contributed by atoms with E-state index in [0.717, 1.165) is 0 Å². The molecule has 86 valence electrons. The minimum absolute atomic E-state index is 0.544. The van der Waals surface area contributed by atoms with E-state index in [1.807, 2.05) is 0 Å². The van der Waals surface area contributed by atoms with Crippen LogP contribution in [0.4, 0.5) is 0 Å². The first-order valence-electron chi connectivity index (χ1n) is 6.21. The molecule has 0 heterocycles. The van der Waals surface area contributed by atoms with Crippen molar-refractivity contribution in [2.24, 2.45) is 0 Å². The Morgan fingerprint density at radius 1 is 0.882 bits per heavy atom. The third-order valence-electron chi connectivity index (χ3n) is 3.27. The summed E-state index contributed by atoms with van der Waals surface area (Å²) in [6.45, 7) is 2.25. The van der Waals surface area contributed by atoms with Crippen LogP contribution in [0.2, 0.25) is 0 Å². The van der Waals surface area contributed by atoms with Gasteiger partial charge in [-0.25, -0.2) is 0 Å². The van der Waals surface area contributed by atoms with Gasteiger partial charge in [-0.15, -0.1) is 11.8 Å². The summed E-state index contributed by atoms with van der Waals surface area (Å²) in [5.74, 6) is 1.23. The van der Waals surface area contributed by atoms with E-state index in [0.29, 0.717) is 5.25 Å². The van der Waals surface area contributed by atoms with E-state index >= 15 is 0 Å². The lowest BCUT2D eigenvalue weighted by Crippen LogP contribution is -1.92. The highest BCUT2D eigenvalue weighted by molar-refractivity contribution is 7.99. The van der Waals surface area contributed by atoms with Crippen LogP contribution in [0.3, 0.4) is 0 Å². The Bertz CT molecular complexity index is 485. The van der Waals surface area contributed by atoms with E-state index in [1.165, 1.54) is 34.4 Å². The number of hydrogen-bond acceptors (Lipinski definition) is 1. The lowest BCUT2D eigenvalue weighted by atomic mass is 10.1. The Balaban J connectivity index is 2.10. The van der Waals surface area contributed by atoms with Gasteiger partial charge in [0.05, 0.1) is 5.25 Å². The minimum atomic E-state index is 0.544. The molecule has 0 radical (unpaired) electrons. The largest absolute Gasteiger partial charge is 0.149 e. The zero-order valence-electron chi connectivity index (χ0n) is 10.0. The molecule has 0 atom stereocenters. The second kappa shape index (κ2) is 4.58. The summed E-state index contributed by atoms with van der Waals surface area (Å²) >= 11 is 2.07. The number of rotatable bonds is 3. The summed E-state index contributed by atoms with van der Waals surface area (Å²) in [5.41, 5.74) is 5.84. The fraction of sp³-hybridized carbons (Fsp3) is 0.250. The Kier molecular flexibility index (Phi) is 2.94. The van der Waals surface area contributed by atoms with E-state index in [1.54, 1.807) is 0 Å². The highest BCUT2D eigenvalue weighted by Crippen LogP contribution is 2.49.